The van der Waals surface area contributed by atoms with Crippen LogP contribution in [-0.4, -0.2) is 10.8 Å². The summed E-state index contributed by atoms with van der Waals surface area (Å²) in [6.45, 7) is 3.93. The lowest BCUT2D eigenvalue weighted by Crippen LogP contribution is -2.06. The van der Waals surface area contributed by atoms with Crippen molar-refractivity contribution >= 4 is 22.3 Å². The maximum atomic E-state index is 12.1. The molecule has 0 amide bonds. The van der Waals surface area contributed by atoms with Gasteiger partial charge in [0.05, 0.1) is 12.1 Å². The average Bonchev–Trinajstić information content (AvgIpc) is 2.67. The second-order valence-corrected chi connectivity index (χ2v) is 4.99. The van der Waals surface area contributed by atoms with E-state index in [1.54, 1.807) is 0 Å². The van der Waals surface area contributed by atoms with Crippen molar-refractivity contribution in [2.24, 2.45) is 0 Å². The highest BCUT2D eigenvalue weighted by atomic mass is 32.1. The van der Waals surface area contributed by atoms with E-state index < -0.39 is 0 Å². The summed E-state index contributed by atoms with van der Waals surface area (Å²) >= 11 is 1.36. The van der Waals surface area contributed by atoms with Crippen molar-refractivity contribution in [3.05, 3.63) is 46.0 Å². The molecule has 3 nitrogen and oxygen atoms in total. The van der Waals surface area contributed by atoms with E-state index in [2.05, 4.69) is 4.98 Å². The molecule has 0 saturated carbocycles. The summed E-state index contributed by atoms with van der Waals surface area (Å²) in [6, 6.07) is 5.90. The number of hydrogen-bond donors (Lipinski definition) is 1. The average molecular weight is 246 g/mol. The van der Waals surface area contributed by atoms with Crippen molar-refractivity contribution in [3.8, 4) is 0 Å². The largest absolute Gasteiger partial charge is 0.375 e. The number of carbonyl (C=O) groups is 1. The highest BCUT2D eigenvalue weighted by Gasteiger charge is 2.11. The van der Waals surface area contributed by atoms with E-state index in [0.717, 1.165) is 22.4 Å². The van der Waals surface area contributed by atoms with Crippen LogP contribution in [-0.2, 0) is 6.42 Å². The van der Waals surface area contributed by atoms with Gasteiger partial charge in [0.2, 0.25) is 0 Å². The number of hydrogen-bond acceptors (Lipinski definition) is 4. The first-order chi connectivity index (χ1) is 8.06. The third kappa shape index (κ3) is 2.71. The highest BCUT2D eigenvalue weighted by molar-refractivity contribution is 7.13. The number of nitrogens with zero attached hydrogens (tertiary/aromatic N) is 1. The van der Waals surface area contributed by atoms with E-state index in [4.69, 9.17) is 5.73 Å². The Balaban J connectivity index is 2.22. The number of rotatable bonds is 3. The van der Waals surface area contributed by atoms with Crippen LogP contribution in [0, 0.1) is 13.8 Å². The summed E-state index contributed by atoms with van der Waals surface area (Å²) in [4.78, 5) is 16.2. The monoisotopic (exact) mass is 246 g/mol. The van der Waals surface area contributed by atoms with Crippen molar-refractivity contribution in [1.82, 2.24) is 4.98 Å². The van der Waals surface area contributed by atoms with E-state index in [-0.39, 0.29) is 5.78 Å². The molecule has 1 aromatic carbocycles. The maximum Gasteiger partial charge on any atom is 0.180 e. The van der Waals surface area contributed by atoms with E-state index in [1.165, 1.54) is 11.3 Å². The van der Waals surface area contributed by atoms with Crippen molar-refractivity contribution < 1.29 is 4.79 Å². The highest BCUT2D eigenvalue weighted by Crippen LogP contribution is 2.16. The van der Waals surface area contributed by atoms with Crippen LogP contribution in [0.1, 0.15) is 27.2 Å². The molecule has 0 aliphatic carbocycles. The molecule has 17 heavy (non-hydrogen) atoms. The SMILES string of the molecule is Cc1ccc(C)c(C(=O)Cc2csc(N)n2)c1. The molecular formula is C13H14N2OS. The third-order valence-corrected chi connectivity index (χ3v) is 3.33. The second-order valence-electron chi connectivity index (χ2n) is 4.10. The Labute approximate surface area is 104 Å². The minimum Gasteiger partial charge on any atom is -0.375 e. The fraction of sp³-hybridized carbons (Fsp3) is 0.231. The molecule has 0 unspecified atom stereocenters. The normalized spacial score (nSPS) is 10.5. The van der Waals surface area contributed by atoms with Gasteiger partial charge in [-0.1, -0.05) is 17.7 Å². The van der Waals surface area contributed by atoms with Gasteiger partial charge in [-0.3, -0.25) is 4.79 Å². The molecule has 1 heterocycles. The molecule has 88 valence electrons. The molecule has 0 aliphatic heterocycles. The molecule has 0 bridgehead atoms. The smallest absolute Gasteiger partial charge is 0.180 e. The van der Waals surface area contributed by atoms with Gasteiger partial charge in [-0.25, -0.2) is 4.98 Å². The van der Waals surface area contributed by atoms with Crippen LogP contribution in [0.5, 0.6) is 0 Å². The number of benzene rings is 1. The number of Topliss-reactive ketones (excluding diaryl/α,β-unsaturated/α-hetero) is 1. The number of thiazole rings is 1. The number of anilines is 1. The Kier molecular flexibility index (Phi) is 3.24. The van der Waals surface area contributed by atoms with E-state index >= 15 is 0 Å². The van der Waals surface area contributed by atoms with Crippen molar-refractivity contribution in [2.75, 3.05) is 5.73 Å². The number of nitrogen functional groups attached to an aromatic ring is 1. The number of aryl methyl sites for hydroxylation is 2. The topological polar surface area (TPSA) is 56.0 Å². The zero-order valence-electron chi connectivity index (χ0n) is 9.86. The molecular weight excluding hydrogens is 232 g/mol. The van der Waals surface area contributed by atoms with Crippen LogP contribution >= 0.6 is 11.3 Å². The first-order valence-electron chi connectivity index (χ1n) is 5.36. The van der Waals surface area contributed by atoms with E-state index in [0.29, 0.717) is 11.6 Å². The predicted octanol–water partition coefficient (Wildman–Crippen LogP) is 2.77. The van der Waals surface area contributed by atoms with Crippen LogP contribution in [0.25, 0.3) is 0 Å². The number of ketones is 1. The summed E-state index contributed by atoms with van der Waals surface area (Å²) in [5.74, 6) is 0.0940. The van der Waals surface area contributed by atoms with Gasteiger partial charge in [-0.15, -0.1) is 11.3 Å². The lowest BCUT2D eigenvalue weighted by molar-refractivity contribution is 0.0991. The molecule has 0 atom stereocenters. The lowest BCUT2D eigenvalue weighted by Gasteiger charge is -2.04. The molecule has 0 fully saturated rings. The zero-order chi connectivity index (χ0) is 12.4. The van der Waals surface area contributed by atoms with Crippen LogP contribution in [0.2, 0.25) is 0 Å². The fourth-order valence-corrected chi connectivity index (χ4v) is 2.26. The van der Waals surface area contributed by atoms with Crippen LogP contribution in [0.4, 0.5) is 5.13 Å². The van der Waals surface area contributed by atoms with Gasteiger partial charge in [0.1, 0.15) is 0 Å². The first kappa shape index (κ1) is 11.8. The van der Waals surface area contributed by atoms with Crippen LogP contribution in [0.15, 0.2) is 23.6 Å². The van der Waals surface area contributed by atoms with Gasteiger partial charge in [0.15, 0.2) is 10.9 Å². The van der Waals surface area contributed by atoms with Crippen LogP contribution in [0.3, 0.4) is 0 Å². The standard InChI is InChI=1S/C13H14N2OS/c1-8-3-4-9(2)11(5-8)12(16)6-10-7-17-13(14)15-10/h3-5,7H,6H2,1-2H3,(H2,14,15). The van der Waals surface area contributed by atoms with Gasteiger partial charge >= 0.3 is 0 Å². The van der Waals surface area contributed by atoms with Crippen molar-refractivity contribution in [1.29, 1.82) is 0 Å². The minimum atomic E-state index is 0.0940. The molecule has 0 aliphatic rings. The number of aromatic nitrogens is 1. The summed E-state index contributed by atoms with van der Waals surface area (Å²) in [5, 5.41) is 2.34. The minimum absolute atomic E-state index is 0.0940. The Morgan fingerprint density at radius 3 is 2.82 bits per heavy atom. The molecule has 4 heteroatoms. The second kappa shape index (κ2) is 4.67. The van der Waals surface area contributed by atoms with E-state index in [9.17, 15) is 4.79 Å². The lowest BCUT2D eigenvalue weighted by atomic mass is 9.99. The number of nitrogens with two attached hydrogens (primary N) is 1. The van der Waals surface area contributed by atoms with Gasteiger partial charge in [-0.05, 0) is 25.5 Å². The quantitative estimate of drug-likeness (QED) is 0.847. The summed E-state index contributed by atoms with van der Waals surface area (Å²) in [7, 11) is 0. The molecule has 0 spiro atoms. The molecule has 2 N–H and O–H groups in total. The fourth-order valence-electron chi connectivity index (χ4n) is 1.70. The molecule has 0 radical (unpaired) electrons. The van der Waals surface area contributed by atoms with Gasteiger partial charge < -0.3 is 5.73 Å². The van der Waals surface area contributed by atoms with Crippen LogP contribution < -0.4 is 5.73 Å². The first-order valence-corrected chi connectivity index (χ1v) is 6.24. The Morgan fingerprint density at radius 1 is 1.41 bits per heavy atom. The third-order valence-electron chi connectivity index (χ3n) is 2.60. The Morgan fingerprint density at radius 2 is 2.18 bits per heavy atom. The zero-order valence-corrected chi connectivity index (χ0v) is 10.7. The van der Waals surface area contributed by atoms with Crippen molar-refractivity contribution in [2.45, 2.75) is 20.3 Å². The van der Waals surface area contributed by atoms with Gasteiger partial charge in [-0.2, -0.15) is 0 Å². The molecule has 2 rings (SSSR count). The van der Waals surface area contributed by atoms with Gasteiger partial charge in [0, 0.05) is 10.9 Å². The summed E-state index contributed by atoms with van der Waals surface area (Å²) in [6.07, 6.45) is 0.317. The summed E-state index contributed by atoms with van der Waals surface area (Å²) < 4.78 is 0. The summed E-state index contributed by atoms with van der Waals surface area (Å²) in [5.41, 5.74) is 9.16. The van der Waals surface area contributed by atoms with E-state index in [1.807, 2.05) is 37.4 Å². The predicted molar refractivity (Wildman–Crippen MR) is 70.5 cm³/mol. The number of carbonyl (C=O) groups excluding carboxylic acids is 1. The molecule has 1 aromatic heterocycles. The molecule has 2 aromatic rings. The molecule has 0 saturated heterocycles. The Bertz CT molecular complexity index is 560. The van der Waals surface area contributed by atoms with Crippen molar-refractivity contribution in [3.63, 3.8) is 0 Å². The maximum absolute atomic E-state index is 12.1. The van der Waals surface area contributed by atoms with Gasteiger partial charge in [0.25, 0.3) is 0 Å². The Hall–Kier alpha value is -1.68.